The molecule has 0 saturated heterocycles. The molecule has 2 N–H and O–H groups in total. The van der Waals surface area contributed by atoms with Crippen molar-refractivity contribution in [1.29, 1.82) is 0 Å². The third-order valence-corrected chi connectivity index (χ3v) is 6.63. The predicted molar refractivity (Wildman–Crippen MR) is 155 cm³/mol. The van der Waals surface area contributed by atoms with Gasteiger partial charge in [-0.3, -0.25) is 0 Å². The Kier molecular flexibility index (Phi) is 7.30. The first-order valence-corrected chi connectivity index (χ1v) is 12.8. The maximum Gasteiger partial charge on any atom is 0.0820 e. The maximum atomic E-state index is 6.73. The lowest BCUT2D eigenvalue weighted by Crippen LogP contribution is -2.38. The molecule has 0 spiro atoms. The number of unbranched alkanes of at least 4 members (excludes halogenated alkanes) is 1. The van der Waals surface area contributed by atoms with Crippen molar-refractivity contribution >= 4 is 39.2 Å². The smallest absolute Gasteiger partial charge is 0.0820 e. The largest absolute Gasteiger partial charge is 0.326 e. The van der Waals surface area contributed by atoms with Crippen molar-refractivity contribution in [2.75, 3.05) is 9.80 Å². The van der Waals surface area contributed by atoms with Crippen LogP contribution in [0, 0.1) is 0 Å². The fourth-order valence-corrected chi connectivity index (χ4v) is 4.83. The molecule has 3 nitrogen and oxygen atoms in total. The molecule has 0 bridgehead atoms. The third-order valence-electron chi connectivity index (χ3n) is 6.63. The quantitative estimate of drug-likeness (QED) is 0.218. The first-order valence-electron chi connectivity index (χ1n) is 12.8. The van der Waals surface area contributed by atoms with Gasteiger partial charge in [-0.2, -0.15) is 0 Å². The summed E-state index contributed by atoms with van der Waals surface area (Å²) < 4.78 is 0. The Morgan fingerprint density at radius 1 is 0.583 bits per heavy atom. The Morgan fingerprint density at radius 3 is 1.81 bits per heavy atom. The van der Waals surface area contributed by atoms with Crippen molar-refractivity contribution in [2.24, 2.45) is 5.73 Å². The van der Waals surface area contributed by atoms with Crippen LogP contribution in [0.25, 0.3) is 10.8 Å². The molecule has 0 fully saturated rings. The van der Waals surface area contributed by atoms with Gasteiger partial charge in [0.25, 0.3) is 0 Å². The summed E-state index contributed by atoms with van der Waals surface area (Å²) in [5, 5.41) is 2.45. The molecule has 36 heavy (non-hydrogen) atoms. The Balaban J connectivity index is 1.58. The Bertz CT molecular complexity index is 1380. The van der Waals surface area contributed by atoms with E-state index in [-0.39, 0.29) is 6.17 Å². The van der Waals surface area contributed by atoms with Crippen LogP contribution < -0.4 is 15.5 Å². The summed E-state index contributed by atoms with van der Waals surface area (Å²) in [6.07, 6.45) is 3.10. The van der Waals surface area contributed by atoms with E-state index in [9.17, 15) is 0 Å². The number of hydrogen-bond donors (Lipinski definition) is 1. The van der Waals surface area contributed by atoms with Gasteiger partial charge in [0.2, 0.25) is 0 Å². The van der Waals surface area contributed by atoms with Crippen LogP contribution >= 0.6 is 0 Å². The van der Waals surface area contributed by atoms with E-state index >= 15 is 0 Å². The van der Waals surface area contributed by atoms with Crippen molar-refractivity contribution in [2.45, 2.75) is 32.4 Å². The van der Waals surface area contributed by atoms with Crippen molar-refractivity contribution < 1.29 is 0 Å². The summed E-state index contributed by atoms with van der Waals surface area (Å²) in [6.45, 7) is 2.21. The summed E-state index contributed by atoms with van der Waals surface area (Å²) in [5.74, 6) is 0. The number of nitrogens with zero attached hydrogens (tertiary/aromatic N) is 2. The van der Waals surface area contributed by atoms with Gasteiger partial charge >= 0.3 is 0 Å². The SMILES string of the molecule is CCCCC(N)N(c1ccccc1)c1ccc(N(c2ccccc2)c2cccc3ccccc23)cc1. The van der Waals surface area contributed by atoms with Crippen LogP contribution in [0.5, 0.6) is 0 Å². The standard InChI is InChI=1S/C33H33N3/c1-2-3-21-33(34)36(28-17-8-5-9-18-28)30-24-22-29(23-25-30)35(27-15-6-4-7-16-27)32-20-12-14-26-13-10-11-19-31(26)32/h4-20,22-25,33H,2-3,21,34H2,1H3. The highest BCUT2D eigenvalue weighted by molar-refractivity contribution is 5.98. The number of nitrogens with two attached hydrogens (primary N) is 1. The van der Waals surface area contributed by atoms with Crippen LogP contribution in [-0.2, 0) is 0 Å². The molecule has 5 rings (SSSR count). The zero-order chi connectivity index (χ0) is 24.7. The predicted octanol–water partition coefficient (Wildman–Crippen LogP) is 8.92. The van der Waals surface area contributed by atoms with E-state index in [1.807, 2.05) is 6.07 Å². The lowest BCUT2D eigenvalue weighted by atomic mass is 10.1. The van der Waals surface area contributed by atoms with Crippen LogP contribution in [0.1, 0.15) is 26.2 Å². The van der Waals surface area contributed by atoms with Gasteiger partial charge in [-0.15, -0.1) is 0 Å². The van der Waals surface area contributed by atoms with Gasteiger partial charge in [-0.05, 0) is 66.4 Å². The minimum atomic E-state index is -0.0820. The molecule has 0 saturated carbocycles. The molecule has 5 aromatic carbocycles. The maximum absolute atomic E-state index is 6.73. The van der Waals surface area contributed by atoms with Crippen LogP contribution in [-0.4, -0.2) is 6.17 Å². The van der Waals surface area contributed by atoms with Gasteiger partial charge in [-0.1, -0.05) is 92.6 Å². The minimum Gasteiger partial charge on any atom is -0.326 e. The minimum absolute atomic E-state index is 0.0820. The van der Waals surface area contributed by atoms with Gasteiger partial charge < -0.3 is 15.5 Å². The van der Waals surface area contributed by atoms with Crippen molar-refractivity contribution in [3.63, 3.8) is 0 Å². The molecule has 5 aromatic rings. The lowest BCUT2D eigenvalue weighted by Gasteiger charge is -2.32. The molecule has 0 aromatic heterocycles. The van der Waals surface area contributed by atoms with Crippen LogP contribution in [0.4, 0.5) is 28.4 Å². The number of rotatable bonds is 9. The zero-order valence-electron chi connectivity index (χ0n) is 20.8. The topological polar surface area (TPSA) is 32.5 Å². The van der Waals surface area contributed by atoms with Crippen LogP contribution in [0.15, 0.2) is 127 Å². The van der Waals surface area contributed by atoms with E-state index in [1.54, 1.807) is 0 Å². The molecule has 0 aliphatic heterocycles. The Labute approximate surface area is 214 Å². The van der Waals surface area contributed by atoms with Gasteiger partial charge in [0, 0.05) is 28.1 Å². The zero-order valence-corrected chi connectivity index (χ0v) is 20.8. The van der Waals surface area contributed by atoms with Gasteiger partial charge in [0.05, 0.1) is 11.9 Å². The number of fused-ring (bicyclic) bond motifs is 1. The summed E-state index contributed by atoms with van der Waals surface area (Å²) >= 11 is 0. The van der Waals surface area contributed by atoms with Crippen molar-refractivity contribution in [3.05, 3.63) is 127 Å². The first-order chi connectivity index (χ1) is 17.8. The second kappa shape index (κ2) is 11.1. The number of hydrogen-bond acceptors (Lipinski definition) is 3. The number of para-hydroxylation sites is 2. The normalized spacial score (nSPS) is 11.8. The number of anilines is 5. The average Bonchev–Trinajstić information content (AvgIpc) is 2.94. The van der Waals surface area contributed by atoms with Gasteiger partial charge in [0.1, 0.15) is 0 Å². The van der Waals surface area contributed by atoms with Crippen molar-refractivity contribution in [3.8, 4) is 0 Å². The molecule has 0 aliphatic rings. The highest BCUT2D eigenvalue weighted by Gasteiger charge is 2.19. The highest BCUT2D eigenvalue weighted by atomic mass is 15.2. The molecule has 0 aliphatic carbocycles. The summed E-state index contributed by atoms with van der Waals surface area (Å²) in [5.41, 5.74) is 12.3. The van der Waals surface area contributed by atoms with Crippen LogP contribution in [0.3, 0.4) is 0 Å². The molecule has 3 heteroatoms. The van der Waals surface area contributed by atoms with Gasteiger partial charge in [0.15, 0.2) is 0 Å². The Morgan fingerprint density at radius 2 is 1.11 bits per heavy atom. The average molecular weight is 472 g/mol. The molecular weight excluding hydrogens is 438 g/mol. The second-order valence-electron chi connectivity index (χ2n) is 9.10. The molecule has 180 valence electrons. The monoisotopic (exact) mass is 471 g/mol. The first kappa shape index (κ1) is 23.7. The summed E-state index contributed by atoms with van der Waals surface area (Å²) in [6, 6.07) is 44.8. The third kappa shape index (κ3) is 4.98. The fourth-order valence-electron chi connectivity index (χ4n) is 4.83. The molecule has 0 radical (unpaired) electrons. The van der Waals surface area contributed by atoms with Gasteiger partial charge in [-0.25, -0.2) is 0 Å². The summed E-state index contributed by atoms with van der Waals surface area (Å²) in [4.78, 5) is 4.58. The fraction of sp³-hybridized carbons (Fsp3) is 0.152. The molecule has 1 atom stereocenters. The van der Waals surface area contributed by atoms with E-state index in [0.717, 1.165) is 47.7 Å². The summed E-state index contributed by atoms with van der Waals surface area (Å²) in [7, 11) is 0. The Hall–Kier alpha value is -4.08. The van der Waals surface area contributed by atoms with E-state index < -0.39 is 0 Å². The number of benzene rings is 5. The molecule has 1 unspecified atom stereocenters. The van der Waals surface area contributed by atoms with Crippen molar-refractivity contribution in [1.82, 2.24) is 0 Å². The van der Waals surface area contributed by atoms with E-state index in [2.05, 4.69) is 138 Å². The molecule has 0 heterocycles. The lowest BCUT2D eigenvalue weighted by molar-refractivity contribution is 0.582. The highest BCUT2D eigenvalue weighted by Crippen LogP contribution is 2.39. The molecule has 0 amide bonds. The van der Waals surface area contributed by atoms with E-state index in [4.69, 9.17) is 5.73 Å². The second-order valence-corrected chi connectivity index (χ2v) is 9.10. The molecular formula is C33H33N3. The van der Waals surface area contributed by atoms with E-state index in [0.29, 0.717) is 0 Å². The van der Waals surface area contributed by atoms with Crippen LogP contribution in [0.2, 0.25) is 0 Å². The van der Waals surface area contributed by atoms with E-state index in [1.165, 1.54) is 10.8 Å².